The maximum absolute atomic E-state index is 13.2. The van der Waals surface area contributed by atoms with Crippen LogP contribution in [0.2, 0.25) is 0 Å². The summed E-state index contributed by atoms with van der Waals surface area (Å²) in [5, 5.41) is 11.4. The highest BCUT2D eigenvalue weighted by Gasteiger charge is 2.34. The van der Waals surface area contributed by atoms with Crippen LogP contribution in [-0.4, -0.2) is 47.5 Å². The van der Waals surface area contributed by atoms with E-state index in [1.165, 1.54) is 5.56 Å². The molecule has 1 saturated heterocycles. The topological polar surface area (TPSA) is 79.6 Å². The van der Waals surface area contributed by atoms with Crippen LogP contribution < -0.4 is 10.5 Å². The number of nitrogens with zero attached hydrogens (tertiary/aromatic N) is 4. The summed E-state index contributed by atoms with van der Waals surface area (Å²) < 4.78 is 39.4. The molecule has 0 aliphatic carbocycles. The zero-order valence-corrected chi connectivity index (χ0v) is 18.4. The molecule has 0 saturated carbocycles. The third kappa shape index (κ3) is 5.31. The highest BCUT2D eigenvalue weighted by atomic mass is 32.1. The predicted octanol–water partition coefficient (Wildman–Crippen LogP) is 4.34. The Bertz CT molecular complexity index is 1220. The fourth-order valence-electron chi connectivity index (χ4n) is 3.89. The molecule has 11 heteroatoms. The van der Waals surface area contributed by atoms with Crippen LogP contribution in [0.15, 0.2) is 47.3 Å². The van der Waals surface area contributed by atoms with Crippen molar-refractivity contribution in [2.75, 3.05) is 37.6 Å². The monoisotopic (exact) mass is 478 g/mol. The average molecular weight is 478 g/mol. The number of fused-ring (bicyclic) bond motifs is 1. The molecule has 0 spiro atoms. The maximum Gasteiger partial charge on any atom is 0.416 e. The van der Waals surface area contributed by atoms with E-state index in [0.717, 1.165) is 43.8 Å². The first-order valence-corrected chi connectivity index (χ1v) is 11.3. The van der Waals surface area contributed by atoms with Gasteiger partial charge in [0.1, 0.15) is 4.70 Å². The van der Waals surface area contributed by atoms with Gasteiger partial charge in [0, 0.05) is 32.2 Å². The second-order valence-electron chi connectivity index (χ2n) is 7.85. The van der Waals surface area contributed by atoms with Crippen molar-refractivity contribution in [1.29, 1.82) is 0 Å². The molecule has 1 fully saturated rings. The molecule has 7 nitrogen and oxygen atoms in total. The predicted molar refractivity (Wildman–Crippen MR) is 121 cm³/mol. The molecule has 33 heavy (non-hydrogen) atoms. The van der Waals surface area contributed by atoms with Gasteiger partial charge in [-0.2, -0.15) is 18.2 Å². The Hall–Kier alpha value is -3.05. The van der Waals surface area contributed by atoms with Gasteiger partial charge in [-0.3, -0.25) is 14.9 Å². The molecule has 2 aromatic carbocycles. The third-order valence-electron chi connectivity index (χ3n) is 5.63. The van der Waals surface area contributed by atoms with Crippen LogP contribution in [0.3, 0.4) is 0 Å². The molecule has 1 aromatic heterocycles. The molecule has 0 atom stereocenters. The molecule has 174 valence electrons. The first kappa shape index (κ1) is 23.1. The molecule has 0 amide bonds. The molecule has 0 N–H and O–H groups in total. The van der Waals surface area contributed by atoms with Gasteiger partial charge in [-0.25, -0.2) is 0 Å². The summed E-state index contributed by atoms with van der Waals surface area (Å²) in [6.07, 6.45) is -3.08. The summed E-state index contributed by atoms with van der Waals surface area (Å²) in [6.45, 7) is 3.64. The van der Waals surface area contributed by atoms with E-state index in [1.54, 1.807) is 0 Å². The van der Waals surface area contributed by atoms with E-state index in [9.17, 15) is 28.1 Å². The lowest BCUT2D eigenvalue weighted by Crippen LogP contribution is -2.32. The Labute approximate surface area is 191 Å². The molecular formula is C22H21F3N4O3S. The van der Waals surface area contributed by atoms with Crippen molar-refractivity contribution in [3.05, 3.63) is 74.1 Å². The number of rotatable bonds is 5. The number of hydrogen-bond donors (Lipinski definition) is 0. The van der Waals surface area contributed by atoms with E-state index in [2.05, 4.69) is 22.0 Å². The largest absolute Gasteiger partial charge is 0.416 e. The number of non-ortho nitro benzene ring substituents is 1. The molecule has 4 rings (SSSR count). The fraction of sp³-hybridized carbons (Fsp3) is 0.364. The summed E-state index contributed by atoms with van der Waals surface area (Å²) in [4.78, 5) is 31.4. The van der Waals surface area contributed by atoms with Crippen LogP contribution in [0.25, 0.3) is 10.1 Å². The Kier molecular flexibility index (Phi) is 6.61. The number of anilines is 1. The lowest BCUT2D eigenvalue weighted by atomic mass is 10.1. The van der Waals surface area contributed by atoms with E-state index in [1.807, 2.05) is 23.1 Å². The maximum atomic E-state index is 13.2. The van der Waals surface area contributed by atoms with Gasteiger partial charge in [-0.1, -0.05) is 41.7 Å². The minimum atomic E-state index is -4.80. The van der Waals surface area contributed by atoms with Crippen LogP contribution >= 0.6 is 11.3 Å². The summed E-state index contributed by atoms with van der Waals surface area (Å²) >= 11 is 0.890. The van der Waals surface area contributed by atoms with Gasteiger partial charge in [-0.05, 0) is 31.0 Å². The SMILES string of the molecule is O=c1nc(N2CCCN(CCc3ccccc3)CC2)sc2c([N+](=O)[O-])cc(C(F)(F)F)cc12. The van der Waals surface area contributed by atoms with Crippen molar-refractivity contribution in [2.45, 2.75) is 19.0 Å². The van der Waals surface area contributed by atoms with Gasteiger partial charge in [0.25, 0.3) is 11.2 Å². The van der Waals surface area contributed by atoms with Crippen LogP contribution in [0, 0.1) is 10.1 Å². The van der Waals surface area contributed by atoms with Gasteiger partial charge in [-0.15, -0.1) is 0 Å². The number of aromatic nitrogens is 1. The summed E-state index contributed by atoms with van der Waals surface area (Å²) in [7, 11) is 0. The number of halogens is 3. The zero-order chi connectivity index (χ0) is 23.6. The van der Waals surface area contributed by atoms with Crippen molar-refractivity contribution < 1.29 is 18.1 Å². The van der Waals surface area contributed by atoms with Crippen molar-refractivity contribution in [3.63, 3.8) is 0 Å². The molecule has 1 aliphatic heterocycles. The molecule has 0 radical (unpaired) electrons. The van der Waals surface area contributed by atoms with Crippen LogP contribution in [0.5, 0.6) is 0 Å². The minimum Gasteiger partial charge on any atom is -0.347 e. The fourth-order valence-corrected chi connectivity index (χ4v) is 5.01. The van der Waals surface area contributed by atoms with E-state index in [0.29, 0.717) is 30.4 Å². The van der Waals surface area contributed by atoms with Crippen molar-refractivity contribution in [2.24, 2.45) is 0 Å². The molecule has 0 unspecified atom stereocenters. The third-order valence-corrected chi connectivity index (χ3v) is 6.80. The highest BCUT2D eigenvalue weighted by Crippen LogP contribution is 2.38. The van der Waals surface area contributed by atoms with E-state index in [4.69, 9.17) is 0 Å². The van der Waals surface area contributed by atoms with E-state index in [-0.39, 0.29) is 10.1 Å². The highest BCUT2D eigenvalue weighted by molar-refractivity contribution is 7.22. The molecule has 1 aliphatic rings. The van der Waals surface area contributed by atoms with Gasteiger partial charge < -0.3 is 9.80 Å². The first-order chi connectivity index (χ1) is 15.7. The molecule has 2 heterocycles. The number of hydrogen-bond acceptors (Lipinski definition) is 7. The number of nitro benzene ring substituents is 1. The Morgan fingerprint density at radius 1 is 1.09 bits per heavy atom. The Morgan fingerprint density at radius 2 is 1.85 bits per heavy atom. The standard InChI is InChI=1S/C22H21F3N4O3S/c23-22(24,25)16-13-17-19(18(14-16)29(31)32)33-21(26-20(17)30)28-9-4-8-27(11-12-28)10-7-15-5-2-1-3-6-15/h1-3,5-6,13-14H,4,7-12H2. The van der Waals surface area contributed by atoms with Crippen molar-refractivity contribution in [3.8, 4) is 0 Å². The average Bonchev–Trinajstić information content (AvgIpc) is 3.03. The van der Waals surface area contributed by atoms with Gasteiger partial charge in [0.15, 0.2) is 5.13 Å². The van der Waals surface area contributed by atoms with Gasteiger partial charge >= 0.3 is 6.18 Å². The smallest absolute Gasteiger partial charge is 0.347 e. The Morgan fingerprint density at radius 3 is 2.55 bits per heavy atom. The van der Waals surface area contributed by atoms with Crippen LogP contribution in [0.4, 0.5) is 24.0 Å². The summed E-state index contributed by atoms with van der Waals surface area (Å²) in [5.41, 5.74) is -1.61. The zero-order valence-electron chi connectivity index (χ0n) is 17.5. The lowest BCUT2D eigenvalue weighted by molar-refractivity contribution is -0.383. The lowest BCUT2D eigenvalue weighted by Gasteiger charge is -2.22. The van der Waals surface area contributed by atoms with E-state index >= 15 is 0 Å². The molecular weight excluding hydrogens is 457 g/mol. The first-order valence-electron chi connectivity index (χ1n) is 10.4. The van der Waals surface area contributed by atoms with Crippen LogP contribution in [0.1, 0.15) is 17.5 Å². The van der Waals surface area contributed by atoms with Gasteiger partial charge in [0.2, 0.25) is 0 Å². The quantitative estimate of drug-likeness (QED) is 0.401. The Balaban J connectivity index is 1.57. The summed E-state index contributed by atoms with van der Waals surface area (Å²) in [5.74, 6) is 0. The molecule has 3 aromatic rings. The number of nitro groups is 1. The van der Waals surface area contributed by atoms with Gasteiger partial charge in [0.05, 0.1) is 15.9 Å². The van der Waals surface area contributed by atoms with Crippen molar-refractivity contribution >= 4 is 32.2 Å². The van der Waals surface area contributed by atoms with E-state index < -0.39 is 27.9 Å². The molecule has 0 bridgehead atoms. The normalized spacial score (nSPS) is 15.5. The van der Waals surface area contributed by atoms with Crippen LogP contribution in [-0.2, 0) is 12.6 Å². The second kappa shape index (κ2) is 9.44. The van der Waals surface area contributed by atoms with Crippen molar-refractivity contribution in [1.82, 2.24) is 9.88 Å². The minimum absolute atomic E-state index is 0.0896. The number of alkyl halides is 3. The second-order valence-corrected chi connectivity index (χ2v) is 8.82. The number of benzene rings is 2. The summed E-state index contributed by atoms with van der Waals surface area (Å²) in [6, 6.07) is 11.3.